The number of hydrogen-bond acceptors (Lipinski definition) is 3. The van der Waals surface area contributed by atoms with Crippen molar-refractivity contribution in [2.45, 2.75) is 38.8 Å². The summed E-state index contributed by atoms with van der Waals surface area (Å²) < 4.78 is 5.47. The summed E-state index contributed by atoms with van der Waals surface area (Å²) in [6.07, 6.45) is 1.90. The van der Waals surface area contributed by atoms with Crippen LogP contribution in [-0.4, -0.2) is 37.7 Å². The van der Waals surface area contributed by atoms with Crippen LogP contribution in [0.4, 0.5) is 0 Å². The highest BCUT2D eigenvalue weighted by Crippen LogP contribution is 2.21. The third-order valence-corrected chi connectivity index (χ3v) is 3.80. The summed E-state index contributed by atoms with van der Waals surface area (Å²) in [6, 6.07) is 0.262. The summed E-state index contributed by atoms with van der Waals surface area (Å²) in [7, 11) is 0. The van der Waals surface area contributed by atoms with Crippen LogP contribution in [0.3, 0.4) is 0 Å². The van der Waals surface area contributed by atoms with E-state index in [9.17, 15) is 4.79 Å². The van der Waals surface area contributed by atoms with E-state index in [1.807, 2.05) is 0 Å². The van der Waals surface area contributed by atoms with Crippen LogP contribution >= 0.6 is 0 Å². The molecule has 92 valence electrons. The Labute approximate surface area is 97.1 Å². The first-order valence-electron chi connectivity index (χ1n) is 6.31. The molecule has 16 heavy (non-hydrogen) atoms. The van der Waals surface area contributed by atoms with Crippen LogP contribution in [-0.2, 0) is 9.53 Å². The highest BCUT2D eigenvalue weighted by atomic mass is 16.5. The molecule has 2 saturated heterocycles. The lowest BCUT2D eigenvalue weighted by molar-refractivity contribution is -0.132. The van der Waals surface area contributed by atoms with Crippen molar-refractivity contribution in [3.63, 3.8) is 0 Å². The number of ether oxygens (including phenoxy) is 1. The van der Waals surface area contributed by atoms with Gasteiger partial charge in [0.05, 0.1) is 0 Å². The average molecular weight is 226 g/mol. The van der Waals surface area contributed by atoms with E-state index in [4.69, 9.17) is 4.74 Å². The van der Waals surface area contributed by atoms with Crippen LogP contribution < -0.4 is 10.6 Å². The minimum absolute atomic E-state index is 0.0746. The topological polar surface area (TPSA) is 50.4 Å². The van der Waals surface area contributed by atoms with Crippen molar-refractivity contribution >= 4 is 5.91 Å². The number of rotatable bonds is 2. The number of carbonyl (C=O) groups is 1. The van der Waals surface area contributed by atoms with Crippen molar-refractivity contribution in [1.82, 2.24) is 10.6 Å². The number of piperidine rings is 1. The maximum Gasteiger partial charge on any atom is 0.249 e. The Kier molecular flexibility index (Phi) is 3.82. The lowest BCUT2D eigenvalue weighted by Gasteiger charge is -2.31. The molecule has 4 atom stereocenters. The molecular weight excluding hydrogens is 204 g/mol. The van der Waals surface area contributed by atoms with Gasteiger partial charge in [-0.05, 0) is 31.2 Å². The van der Waals surface area contributed by atoms with Crippen LogP contribution in [0, 0.1) is 11.8 Å². The molecule has 0 radical (unpaired) electrons. The zero-order valence-corrected chi connectivity index (χ0v) is 10.2. The largest absolute Gasteiger partial charge is 0.368 e. The molecule has 0 aromatic heterocycles. The van der Waals surface area contributed by atoms with Gasteiger partial charge in [-0.3, -0.25) is 4.79 Å². The summed E-state index contributed by atoms with van der Waals surface area (Å²) >= 11 is 0. The summed E-state index contributed by atoms with van der Waals surface area (Å²) in [5.41, 5.74) is 0. The molecule has 0 aliphatic carbocycles. The quantitative estimate of drug-likeness (QED) is 0.722. The third kappa shape index (κ3) is 2.55. The SMILES string of the molecule is CC1CCNCC1NC(=O)C1OCCC1C. The lowest BCUT2D eigenvalue weighted by Crippen LogP contribution is -2.53. The van der Waals surface area contributed by atoms with E-state index in [0.717, 1.165) is 32.5 Å². The minimum atomic E-state index is -0.228. The maximum atomic E-state index is 12.0. The molecule has 0 aromatic carbocycles. The Hall–Kier alpha value is -0.610. The molecule has 4 nitrogen and oxygen atoms in total. The minimum Gasteiger partial charge on any atom is -0.368 e. The fourth-order valence-electron chi connectivity index (χ4n) is 2.48. The summed E-state index contributed by atoms with van der Waals surface area (Å²) in [5.74, 6) is 0.985. The fraction of sp³-hybridized carbons (Fsp3) is 0.917. The van der Waals surface area contributed by atoms with E-state index < -0.39 is 0 Å². The van der Waals surface area contributed by atoms with Gasteiger partial charge in [-0.1, -0.05) is 13.8 Å². The molecule has 2 N–H and O–H groups in total. The maximum absolute atomic E-state index is 12.0. The molecule has 2 aliphatic rings. The molecule has 1 amide bonds. The fourth-order valence-corrected chi connectivity index (χ4v) is 2.48. The first-order valence-corrected chi connectivity index (χ1v) is 6.31. The molecule has 4 heteroatoms. The summed E-state index contributed by atoms with van der Waals surface area (Å²) in [5, 5.41) is 6.43. The van der Waals surface area contributed by atoms with Crippen LogP contribution in [0.25, 0.3) is 0 Å². The number of carbonyl (C=O) groups excluding carboxylic acids is 1. The van der Waals surface area contributed by atoms with Crippen molar-refractivity contribution in [3.05, 3.63) is 0 Å². The Morgan fingerprint density at radius 2 is 2.12 bits per heavy atom. The number of nitrogens with one attached hydrogen (secondary N) is 2. The van der Waals surface area contributed by atoms with Gasteiger partial charge < -0.3 is 15.4 Å². The molecule has 0 saturated carbocycles. The van der Waals surface area contributed by atoms with Crippen molar-refractivity contribution in [2.24, 2.45) is 11.8 Å². The van der Waals surface area contributed by atoms with Gasteiger partial charge in [0.15, 0.2) is 0 Å². The highest BCUT2D eigenvalue weighted by molar-refractivity contribution is 5.81. The predicted molar refractivity (Wildman–Crippen MR) is 62.1 cm³/mol. The second kappa shape index (κ2) is 5.15. The smallest absolute Gasteiger partial charge is 0.249 e. The molecule has 0 spiro atoms. The van der Waals surface area contributed by atoms with Gasteiger partial charge in [0, 0.05) is 19.2 Å². The number of amides is 1. The molecular formula is C12H22N2O2. The van der Waals surface area contributed by atoms with E-state index in [0.29, 0.717) is 11.8 Å². The van der Waals surface area contributed by atoms with Gasteiger partial charge in [0.1, 0.15) is 6.10 Å². The Balaban J connectivity index is 1.86. The normalized spacial score (nSPS) is 39.6. The van der Waals surface area contributed by atoms with Gasteiger partial charge in [-0.15, -0.1) is 0 Å². The third-order valence-electron chi connectivity index (χ3n) is 3.80. The highest BCUT2D eigenvalue weighted by Gasteiger charge is 2.33. The molecule has 2 fully saturated rings. The first-order chi connectivity index (χ1) is 7.68. The molecule has 2 rings (SSSR count). The predicted octanol–water partition coefficient (Wildman–Crippen LogP) is 0.526. The zero-order valence-electron chi connectivity index (χ0n) is 10.2. The molecule has 0 aromatic rings. The van der Waals surface area contributed by atoms with E-state index >= 15 is 0 Å². The van der Waals surface area contributed by atoms with E-state index in [1.54, 1.807) is 0 Å². The Bertz CT molecular complexity index is 257. The lowest BCUT2D eigenvalue weighted by atomic mass is 9.94. The van der Waals surface area contributed by atoms with Crippen molar-refractivity contribution in [3.8, 4) is 0 Å². The molecule has 2 heterocycles. The Morgan fingerprint density at radius 3 is 2.75 bits per heavy atom. The van der Waals surface area contributed by atoms with Crippen LogP contribution in [0.5, 0.6) is 0 Å². The van der Waals surface area contributed by atoms with Gasteiger partial charge in [-0.25, -0.2) is 0 Å². The summed E-state index contributed by atoms with van der Waals surface area (Å²) in [4.78, 5) is 12.0. The van der Waals surface area contributed by atoms with Gasteiger partial charge >= 0.3 is 0 Å². The van der Waals surface area contributed by atoms with Crippen LogP contribution in [0.2, 0.25) is 0 Å². The summed E-state index contributed by atoms with van der Waals surface area (Å²) in [6.45, 7) is 6.94. The van der Waals surface area contributed by atoms with Gasteiger partial charge in [-0.2, -0.15) is 0 Å². The van der Waals surface area contributed by atoms with Gasteiger partial charge in [0.25, 0.3) is 0 Å². The van der Waals surface area contributed by atoms with E-state index in [-0.39, 0.29) is 18.1 Å². The molecule has 4 unspecified atom stereocenters. The van der Waals surface area contributed by atoms with Crippen molar-refractivity contribution in [1.29, 1.82) is 0 Å². The van der Waals surface area contributed by atoms with Crippen molar-refractivity contribution in [2.75, 3.05) is 19.7 Å². The van der Waals surface area contributed by atoms with Crippen LogP contribution in [0.1, 0.15) is 26.7 Å². The van der Waals surface area contributed by atoms with E-state index in [2.05, 4.69) is 24.5 Å². The van der Waals surface area contributed by atoms with E-state index in [1.165, 1.54) is 0 Å². The van der Waals surface area contributed by atoms with Crippen molar-refractivity contribution < 1.29 is 9.53 Å². The molecule has 0 bridgehead atoms. The zero-order chi connectivity index (χ0) is 11.5. The standard InChI is InChI=1S/C12H22N2O2/c1-8-3-5-13-7-10(8)14-12(15)11-9(2)4-6-16-11/h8-11,13H,3-7H2,1-2H3,(H,14,15). The number of hydrogen-bond donors (Lipinski definition) is 2. The Morgan fingerprint density at radius 1 is 1.31 bits per heavy atom. The first kappa shape index (κ1) is 11.9. The van der Waals surface area contributed by atoms with Gasteiger partial charge in [0.2, 0.25) is 5.91 Å². The second-order valence-electron chi connectivity index (χ2n) is 5.14. The van der Waals surface area contributed by atoms with Crippen LogP contribution in [0.15, 0.2) is 0 Å². The monoisotopic (exact) mass is 226 g/mol. The second-order valence-corrected chi connectivity index (χ2v) is 5.14. The average Bonchev–Trinajstić information content (AvgIpc) is 2.68. The molecule has 2 aliphatic heterocycles.